The van der Waals surface area contributed by atoms with E-state index in [2.05, 4.69) is 17.5 Å². The summed E-state index contributed by atoms with van der Waals surface area (Å²) in [6.45, 7) is 11.4. The van der Waals surface area contributed by atoms with Gasteiger partial charge in [0, 0.05) is 55.6 Å². The van der Waals surface area contributed by atoms with Crippen molar-refractivity contribution in [2.45, 2.75) is 20.4 Å². The summed E-state index contributed by atoms with van der Waals surface area (Å²) in [5.41, 5.74) is 4.45. The topological polar surface area (TPSA) is 41.6 Å². The smallest absolute Gasteiger partial charge is 0.270 e. The first-order valence-electron chi connectivity index (χ1n) is 9.46. The van der Waals surface area contributed by atoms with Crippen LogP contribution in [0.5, 0.6) is 0 Å². The number of aryl methyl sites for hydroxylation is 1. The maximum Gasteiger partial charge on any atom is 0.270 e. The van der Waals surface area contributed by atoms with E-state index in [1.165, 1.54) is 0 Å². The number of amides is 1. The molecule has 0 N–H and O–H groups in total. The predicted octanol–water partition coefficient (Wildman–Crippen LogP) is 4.73. The molecule has 1 aliphatic rings. The van der Waals surface area contributed by atoms with Gasteiger partial charge >= 0.3 is 0 Å². The van der Waals surface area contributed by atoms with Crippen LogP contribution < -0.4 is 4.90 Å². The van der Waals surface area contributed by atoms with Crippen LogP contribution in [0.2, 0.25) is 5.02 Å². The zero-order valence-electron chi connectivity index (χ0n) is 16.2. The first-order chi connectivity index (χ1) is 13.4. The number of halogens is 1. The number of carbonyl (C=O) groups is 1. The lowest BCUT2D eigenvalue weighted by Gasteiger charge is -2.36. The molecule has 0 saturated carbocycles. The van der Waals surface area contributed by atoms with E-state index in [9.17, 15) is 4.79 Å². The van der Waals surface area contributed by atoms with Crippen LogP contribution in [0.3, 0.4) is 0 Å². The molecule has 3 heterocycles. The monoisotopic (exact) mass is 397 g/mol. The van der Waals surface area contributed by atoms with Crippen molar-refractivity contribution in [1.29, 1.82) is 0 Å². The fourth-order valence-electron chi connectivity index (χ4n) is 3.79. The van der Waals surface area contributed by atoms with Crippen LogP contribution in [0.1, 0.15) is 23.2 Å². The molecule has 0 bridgehead atoms. The summed E-state index contributed by atoms with van der Waals surface area (Å²) < 4.78 is 7.77. The zero-order valence-corrected chi connectivity index (χ0v) is 17.0. The summed E-state index contributed by atoms with van der Waals surface area (Å²) in [6.07, 6.45) is 0. The molecule has 1 fully saturated rings. The van der Waals surface area contributed by atoms with Gasteiger partial charge in [-0.3, -0.25) is 4.79 Å². The lowest BCUT2D eigenvalue weighted by atomic mass is 10.2. The van der Waals surface area contributed by atoms with Crippen molar-refractivity contribution in [3.8, 4) is 0 Å². The third-order valence-electron chi connectivity index (χ3n) is 5.10. The van der Waals surface area contributed by atoms with E-state index in [1.54, 1.807) is 0 Å². The van der Waals surface area contributed by atoms with Crippen molar-refractivity contribution in [1.82, 2.24) is 9.47 Å². The Balaban J connectivity index is 1.54. The summed E-state index contributed by atoms with van der Waals surface area (Å²) in [6, 6.07) is 11.7. The van der Waals surface area contributed by atoms with Gasteiger partial charge in [0.15, 0.2) is 5.58 Å². The highest BCUT2D eigenvalue weighted by Crippen LogP contribution is 2.26. The first kappa shape index (κ1) is 18.7. The SMILES string of the molecule is C=C(C)Cn1c(C(=O)N2CCN(c3cccc(Cl)c3)CC2)cc2oc(C)cc21. The van der Waals surface area contributed by atoms with Crippen LogP contribution in [-0.2, 0) is 6.54 Å². The van der Waals surface area contributed by atoms with Crippen LogP contribution in [0.25, 0.3) is 11.1 Å². The average molecular weight is 398 g/mol. The number of piperazine rings is 1. The number of anilines is 1. The second kappa shape index (κ2) is 7.40. The number of benzene rings is 1. The minimum atomic E-state index is 0.0380. The van der Waals surface area contributed by atoms with Crippen molar-refractivity contribution in [2.75, 3.05) is 31.1 Å². The molecule has 1 amide bonds. The third kappa shape index (κ3) is 3.54. The van der Waals surface area contributed by atoms with Gasteiger partial charge in [-0.25, -0.2) is 0 Å². The lowest BCUT2D eigenvalue weighted by Crippen LogP contribution is -2.49. The van der Waals surface area contributed by atoms with Gasteiger partial charge in [-0.15, -0.1) is 0 Å². The maximum atomic E-state index is 13.2. The number of carbonyl (C=O) groups excluding carboxylic acids is 1. The van der Waals surface area contributed by atoms with Crippen LogP contribution >= 0.6 is 11.6 Å². The summed E-state index contributed by atoms with van der Waals surface area (Å²) in [5, 5.41) is 0.728. The number of fused-ring (bicyclic) bond motifs is 1. The Hall–Kier alpha value is -2.66. The second-order valence-corrected chi connectivity index (χ2v) is 7.87. The molecule has 0 atom stereocenters. The van der Waals surface area contributed by atoms with Crippen LogP contribution in [-0.4, -0.2) is 41.6 Å². The number of allylic oxidation sites excluding steroid dienone is 1. The fraction of sp³-hybridized carbons (Fsp3) is 0.318. The molecule has 0 radical (unpaired) electrons. The van der Waals surface area contributed by atoms with Crippen molar-refractivity contribution < 1.29 is 9.21 Å². The third-order valence-corrected chi connectivity index (χ3v) is 5.34. The number of furan rings is 1. The molecule has 3 aromatic rings. The Morgan fingerprint density at radius 3 is 2.61 bits per heavy atom. The number of hydrogen-bond donors (Lipinski definition) is 0. The van der Waals surface area contributed by atoms with Crippen molar-refractivity contribution in [2.24, 2.45) is 0 Å². The summed E-state index contributed by atoms with van der Waals surface area (Å²) >= 11 is 6.11. The standard InChI is InChI=1S/C22H24ClN3O2/c1-15(2)14-26-19-11-16(3)28-21(19)13-20(26)22(27)25-9-7-24(8-10-25)18-6-4-5-17(23)12-18/h4-6,11-13H,1,7-10,14H2,2-3H3. The van der Waals surface area contributed by atoms with E-state index < -0.39 is 0 Å². The molecule has 0 spiro atoms. The zero-order chi connectivity index (χ0) is 19.8. The van der Waals surface area contributed by atoms with Gasteiger partial charge < -0.3 is 18.8 Å². The Morgan fingerprint density at radius 1 is 1.18 bits per heavy atom. The summed E-state index contributed by atoms with van der Waals surface area (Å²) in [7, 11) is 0. The highest BCUT2D eigenvalue weighted by Gasteiger charge is 2.26. The Labute approximate surface area is 169 Å². The van der Waals surface area contributed by atoms with E-state index in [1.807, 2.05) is 53.6 Å². The number of hydrogen-bond acceptors (Lipinski definition) is 3. The van der Waals surface area contributed by atoms with Gasteiger partial charge in [0.1, 0.15) is 11.5 Å². The second-order valence-electron chi connectivity index (χ2n) is 7.44. The van der Waals surface area contributed by atoms with Gasteiger partial charge in [-0.1, -0.05) is 29.8 Å². The molecule has 0 aliphatic carbocycles. The average Bonchev–Trinajstić information content (AvgIpc) is 3.18. The van der Waals surface area contributed by atoms with Crippen molar-refractivity contribution in [3.63, 3.8) is 0 Å². The number of aromatic nitrogens is 1. The lowest BCUT2D eigenvalue weighted by molar-refractivity contribution is 0.0737. The summed E-state index contributed by atoms with van der Waals surface area (Å²) in [5.74, 6) is 0.880. The highest BCUT2D eigenvalue weighted by molar-refractivity contribution is 6.30. The molecule has 5 nitrogen and oxygen atoms in total. The molecule has 28 heavy (non-hydrogen) atoms. The minimum absolute atomic E-state index is 0.0380. The van der Waals surface area contributed by atoms with E-state index in [0.29, 0.717) is 25.3 Å². The Morgan fingerprint density at radius 2 is 1.93 bits per heavy atom. The largest absolute Gasteiger partial charge is 0.460 e. The molecule has 146 valence electrons. The molecule has 4 rings (SSSR count). The maximum absolute atomic E-state index is 13.2. The molecular weight excluding hydrogens is 374 g/mol. The van der Waals surface area contributed by atoms with E-state index >= 15 is 0 Å². The molecule has 1 aromatic carbocycles. The molecule has 0 unspecified atom stereocenters. The normalized spacial score (nSPS) is 14.7. The Kier molecular flexibility index (Phi) is 4.94. The molecule has 1 saturated heterocycles. The van der Waals surface area contributed by atoms with E-state index in [-0.39, 0.29) is 5.91 Å². The molecule has 1 aliphatic heterocycles. The molecule has 6 heteroatoms. The Bertz CT molecular complexity index is 1040. The van der Waals surface area contributed by atoms with Gasteiger partial charge in [0.05, 0.1) is 5.52 Å². The summed E-state index contributed by atoms with van der Waals surface area (Å²) in [4.78, 5) is 17.4. The highest BCUT2D eigenvalue weighted by atomic mass is 35.5. The van der Waals surface area contributed by atoms with Crippen LogP contribution in [0.4, 0.5) is 5.69 Å². The van der Waals surface area contributed by atoms with Crippen LogP contribution in [0, 0.1) is 6.92 Å². The minimum Gasteiger partial charge on any atom is -0.460 e. The van der Waals surface area contributed by atoms with E-state index in [4.69, 9.17) is 16.0 Å². The van der Waals surface area contributed by atoms with Crippen molar-refractivity contribution in [3.05, 3.63) is 65.0 Å². The van der Waals surface area contributed by atoms with Gasteiger partial charge in [-0.2, -0.15) is 0 Å². The van der Waals surface area contributed by atoms with Crippen molar-refractivity contribution >= 4 is 34.3 Å². The van der Waals surface area contributed by atoms with Gasteiger partial charge in [0.25, 0.3) is 5.91 Å². The number of rotatable bonds is 4. The van der Waals surface area contributed by atoms with Gasteiger partial charge in [-0.05, 0) is 32.0 Å². The fourth-order valence-corrected chi connectivity index (χ4v) is 3.97. The number of nitrogens with zero attached hydrogens (tertiary/aromatic N) is 3. The molecular formula is C22H24ClN3O2. The quantitative estimate of drug-likeness (QED) is 0.597. The molecule has 2 aromatic heterocycles. The first-order valence-corrected chi connectivity index (χ1v) is 9.84. The van der Waals surface area contributed by atoms with Crippen LogP contribution in [0.15, 0.2) is 53.0 Å². The predicted molar refractivity (Wildman–Crippen MR) is 113 cm³/mol. The van der Waals surface area contributed by atoms with Gasteiger partial charge in [0.2, 0.25) is 0 Å². The van der Waals surface area contributed by atoms with E-state index in [0.717, 1.165) is 46.2 Å².